The quantitative estimate of drug-likeness (QED) is 0.442. The van der Waals surface area contributed by atoms with E-state index in [0.717, 1.165) is 6.42 Å². The Balaban J connectivity index is 1.61. The van der Waals surface area contributed by atoms with Crippen molar-refractivity contribution in [2.24, 2.45) is 0 Å². The molecule has 0 radical (unpaired) electrons. The van der Waals surface area contributed by atoms with E-state index in [4.69, 9.17) is 26.1 Å². The van der Waals surface area contributed by atoms with Gasteiger partial charge in [0.15, 0.2) is 5.69 Å². The van der Waals surface area contributed by atoms with Crippen LogP contribution in [0.25, 0.3) is 10.9 Å². The maximum atomic E-state index is 14.7. The van der Waals surface area contributed by atoms with E-state index in [-0.39, 0.29) is 27.8 Å². The van der Waals surface area contributed by atoms with Gasteiger partial charge in [-0.05, 0) is 37.6 Å². The molecule has 0 spiro atoms. The van der Waals surface area contributed by atoms with Gasteiger partial charge in [-0.25, -0.2) is 19.2 Å². The van der Waals surface area contributed by atoms with Crippen LogP contribution in [-0.2, 0) is 16.0 Å². The second-order valence-electron chi connectivity index (χ2n) is 8.36. The molecule has 178 valence electrons. The number of aromatic nitrogens is 3. The normalized spacial score (nSPS) is 18.2. The minimum absolute atomic E-state index is 0.00382. The molecule has 2 aliphatic heterocycles. The molecule has 11 heteroatoms. The number of fused-ring (bicyclic) bond motifs is 4. The van der Waals surface area contributed by atoms with E-state index in [1.807, 2.05) is 0 Å². The third kappa shape index (κ3) is 3.86. The molecule has 0 aliphatic carbocycles. The first-order valence-corrected chi connectivity index (χ1v) is 11.3. The standard InChI is InChI=1S/C23H23ClFN5O4/c1-12(26-17-3-4-18(24)27-20(17)22(32)33-2)15-9-13(25)10-16-19(15)28-23-29-7-8-34-11-14(29)5-6-30(23)21(16)31/h3-4,9-10,12,14,26H,5-8,11H2,1-2H3/t12-,14+/m1/s1. The van der Waals surface area contributed by atoms with E-state index in [1.54, 1.807) is 17.6 Å². The molecule has 1 fully saturated rings. The van der Waals surface area contributed by atoms with Crippen molar-refractivity contribution in [3.8, 4) is 0 Å². The fourth-order valence-electron chi connectivity index (χ4n) is 4.61. The topological polar surface area (TPSA) is 98.6 Å². The van der Waals surface area contributed by atoms with Gasteiger partial charge >= 0.3 is 5.97 Å². The Morgan fingerprint density at radius 3 is 2.94 bits per heavy atom. The molecule has 34 heavy (non-hydrogen) atoms. The number of esters is 1. The van der Waals surface area contributed by atoms with Crippen molar-refractivity contribution in [2.75, 3.05) is 37.1 Å². The van der Waals surface area contributed by atoms with Crippen LogP contribution in [-0.4, -0.2) is 53.4 Å². The molecule has 0 amide bonds. The van der Waals surface area contributed by atoms with Crippen LogP contribution < -0.4 is 15.8 Å². The molecule has 2 atom stereocenters. The lowest BCUT2D eigenvalue weighted by Crippen LogP contribution is -2.52. The van der Waals surface area contributed by atoms with Gasteiger partial charge in [-0.15, -0.1) is 0 Å². The summed E-state index contributed by atoms with van der Waals surface area (Å²) in [6, 6.07) is 5.34. The Kier molecular flexibility index (Phi) is 5.86. The van der Waals surface area contributed by atoms with Crippen molar-refractivity contribution in [1.82, 2.24) is 14.5 Å². The second kappa shape index (κ2) is 8.84. The summed E-state index contributed by atoms with van der Waals surface area (Å²) in [6.45, 7) is 4.06. The number of carbonyl (C=O) groups excluding carboxylic acids is 1. The lowest BCUT2D eigenvalue weighted by atomic mass is 10.0. The fourth-order valence-corrected chi connectivity index (χ4v) is 4.75. The molecule has 0 unspecified atom stereocenters. The molecule has 1 N–H and O–H groups in total. The zero-order valence-corrected chi connectivity index (χ0v) is 19.4. The summed E-state index contributed by atoms with van der Waals surface area (Å²) >= 11 is 5.95. The molecular formula is C23H23ClFN5O4. The SMILES string of the molecule is COC(=O)c1nc(Cl)ccc1N[C@H](C)c1cc(F)cc2c(=O)n3c(nc12)N1CCOC[C@@H]1CC3. The number of rotatable bonds is 4. The summed E-state index contributed by atoms with van der Waals surface area (Å²) in [5, 5.41) is 3.52. The first-order chi connectivity index (χ1) is 16.4. The number of morpholine rings is 1. The minimum atomic E-state index is -0.662. The van der Waals surface area contributed by atoms with Gasteiger partial charge in [0, 0.05) is 18.7 Å². The van der Waals surface area contributed by atoms with E-state index < -0.39 is 17.8 Å². The number of pyridine rings is 1. The lowest BCUT2D eigenvalue weighted by Gasteiger charge is -2.41. The Bertz CT molecular complexity index is 1350. The number of hydrogen-bond acceptors (Lipinski definition) is 8. The number of hydrogen-bond donors (Lipinski definition) is 1. The lowest BCUT2D eigenvalue weighted by molar-refractivity contribution is 0.0595. The molecule has 4 heterocycles. The summed E-state index contributed by atoms with van der Waals surface area (Å²) in [7, 11) is 1.25. The fraction of sp³-hybridized carbons (Fsp3) is 0.391. The van der Waals surface area contributed by atoms with Gasteiger partial charge in [0.05, 0.1) is 49.0 Å². The van der Waals surface area contributed by atoms with Gasteiger partial charge in [0.2, 0.25) is 5.95 Å². The monoisotopic (exact) mass is 487 g/mol. The number of nitrogens with zero attached hydrogens (tertiary/aromatic N) is 4. The molecule has 0 bridgehead atoms. The zero-order chi connectivity index (χ0) is 24.0. The summed E-state index contributed by atoms with van der Waals surface area (Å²) < 4.78 is 26.7. The van der Waals surface area contributed by atoms with Crippen LogP contribution in [0.2, 0.25) is 5.15 Å². The van der Waals surface area contributed by atoms with Crippen LogP contribution in [0.4, 0.5) is 16.0 Å². The highest BCUT2D eigenvalue weighted by molar-refractivity contribution is 6.29. The third-order valence-electron chi connectivity index (χ3n) is 6.28. The molecule has 1 aromatic carbocycles. The van der Waals surface area contributed by atoms with Crippen LogP contribution in [0.3, 0.4) is 0 Å². The maximum Gasteiger partial charge on any atom is 0.358 e. The van der Waals surface area contributed by atoms with Crippen molar-refractivity contribution >= 4 is 40.1 Å². The van der Waals surface area contributed by atoms with Crippen LogP contribution in [0.1, 0.15) is 35.4 Å². The Morgan fingerprint density at radius 1 is 1.32 bits per heavy atom. The number of anilines is 2. The summed E-state index contributed by atoms with van der Waals surface area (Å²) in [6.07, 6.45) is 0.764. The first-order valence-electron chi connectivity index (χ1n) is 11.0. The molecule has 5 rings (SSSR count). The predicted molar refractivity (Wildman–Crippen MR) is 125 cm³/mol. The number of methoxy groups -OCH3 is 1. The molecule has 0 saturated carbocycles. The predicted octanol–water partition coefficient (Wildman–Crippen LogP) is 3.15. The average Bonchev–Trinajstić information content (AvgIpc) is 2.84. The van der Waals surface area contributed by atoms with Gasteiger partial charge < -0.3 is 19.7 Å². The second-order valence-corrected chi connectivity index (χ2v) is 8.75. The molecule has 2 aromatic heterocycles. The van der Waals surface area contributed by atoms with E-state index in [2.05, 4.69) is 15.2 Å². The van der Waals surface area contributed by atoms with Gasteiger partial charge in [0.1, 0.15) is 11.0 Å². The molecule has 3 aromatic rings. The molecule has 2 aliphatic rings. The van der Waals surface area contributed by atoms with Gasteiger partial charge in [-0.2, -0.15) is 0 Å². The first kappa shape index (κ1) is 22.5. The number of nitrogens with one attached hydrogen (secondary N) is 1. The summed E-state index contributed by atoms with van der Waals surface area (Å²) in [5.41, 5.74) is 0.984. The molecule has 9 nitrogen and oxygen atoms in total. The van der Waals surface area contributed by atoms with Crippen molar-refractivity contribution in [1.29, 1.82) is 0 Å². The van der Waals surface area contributed by atoms with Crippen LogP contribution >= 0.6 is 11.6 Å². The Labute approximate surface area is 199 Å². The summed E-state index contributed by atoms with van der Waals surface area (Å²) in [5.74, 6) is -0.635. The van der Waals surface area contributed by atoms with Crippen molar-refractivity contribution in [3.63, 3.8) is 0 Å². The van der Waals surface area contributed by atoms with Gasteiger partial charge in [-0.1, -0.05) is 11.6 Å². The van der Waals surface area contributed by atoms with Crippen molar-refractivity contribution in [2.45, 2.75) is 32.0 Å². The highest BCUT2D eigenvalue weighted by atomic mass is 35.5. The van der Waals surface area contributed by atoms with Gasteiger partial charge in [0.25, 0.3) is 5.56 Å². The van der Waals surface area contributed by atoms with Crippen LogP contribution in [0, 0.1) is 5.82 Å². The van der Waals surface area contributed by atoms with E-state index in [1.165, 1.54) is 25.3 Å². The number of ether oxygens (including phenoxy) is 2. The van der Waals surface area contributed by atoms with E-state index in [0.29, 0.717) is 49.0 Å². The summed E-state index contributed by atoms with van der Waals surface area (Å²) in [4.78, 5) is 36.5. The van der Waals surface area contributed by atoms with E-state index >= 15 is 0 Å². The van der Waals surface area contributed by atoms with Crippen molar-refractivity contribution < 1.29 is 18.7 Å². The minimum Gasteiger partial charge on any atom is -0.464 e. The Hall–Kier alpha value is -3.24. The van der Waals surface area contributed by atoms with Crippen molar-refractivity contribution in [3.05, 3.63) is 56.8 Å². The van der Waals surface area contributed by atoms with Crippen LogP contribution in [0.15, 0.2) is 29.1 Å². The highest BCUT2D eigenvalue weighted by Gasteiger charge is 2.32. The largest absolute Gasteiger partial charge is 0.464 e. The van der Waals surface area contributed by atoms with Crippen LogP contribution in [0.5, 0.6) is 0 Å². The third-order valence-corrected chi connectivity index (χ3v) is 6.49. The number of halogens is 2. The van der Waals surface area contributed by atoms with Gasteiger partial charge in [-0.3, -0.25) is 9.36 Å². The average molecular weight is 488 g/mol. The number of benzene rings is 1. The number of carbonyl (C=O) groups is 1. The zero-order valence-electron chi connectivity index (χ0n) is 18.7. The Morgan fingerprint density at radius 2 is 2.15 bits per heavy atom. The smallest absolute Gasteiger partial charge is 0.358 e. The highest BCUT2D eigenvalue weighted by Crippen LogP contribution is 2.31. The molecule has 1 saturated heterocycles. The molecular weight excluding hydrogens is 465 g/mol. The van der Waals surface area contributed by atoms with E-state index in [9.17, 15) is 14.0 Å². The maximum absolute atomic E-state index is 14.7.